The number of aromatic nitrogens is 3. The zero-order chi connectivity index (χ0) is 7.84. The first kappa shape index (κ1) is 6.34. The Kier molecular flexibility index (Phi) is 1.18. The van der Waals surface area contributed by atoms with Gasteiger partial charge in [-0.25, -0.2) is 0 Å². The van der Waals surface area contributed by atoms with Crippen LogP contribution in [0.25, 0.3) is 10.9 Å². The highest BCUT2D eigenvalue weighted by Crippen LogP contribution is 2.13. The third-order valence-corrected chi connectivity index (χ3v) is 1.88. The van der Waals surface area contributed by atoms with Crippen molar-refractivity contribution in [2.75, 3.05) is 0 Å². The lowest BCUT2D eigenvalue weighted by atomic mass is 10.2. The fraction of sp³-hybridized carbons (Fsp3) is 0.250. The number of hydrogen-bond donors (Lipinski definition) is 0. The second-order valence-corrected chi connectivity index (χ2v) is 2.60. The van der Waals surface area contributed by atoms with Crippen molar-refractivity contribution in [1.82, 2.24) is 14.8 Å². The molecule has 0 aliphatic heterocycles. The quantitative estimate of drug-likeness (QED) is 0.562. The van der Waals surface area contributed by atoms with Crippen molar-refractivity contribution in [3.05, 3.63) is 24.2 Å². The van der Waals surface area contributed by atoms with Crippen molar-refractivity contribution in [2.24, 2.45) is 7.05 Å². The zero-order valence-corrected chi connectivity index (χ0v) is 6.57. The smallest absolute Gasteiger partial charge is 0.0712 e. The van der Waals surface area contributed by atoms with Gasteiger partial charge in [0.25, 0.3) is 0 Å². The molecule has 0 fully saturated rings. The Hall–Kier alpha value is -1.38. The Balaban J connectivity index is 2.94. The van der Waals surface area contributed by atoms with Crippen molar-refractivity contribution in [1.29, 1.82) is 0 Å². The fourth-order valence-corrected chi connectivity index (χ4v) is 1.21. The molecular formula is C8H9N3. The van der Waals surface area contributed by atoms with Crippen molar-refractivity contribution in [3.63, 3.8) is 0 Å². The van der Waals surface area contributed by atoms with Crippen LogP contribution in [0.1, 0.15) is 5.69 Å². The molecule has 0 amide bonds. The Bertz CT molecular complexity index is 389. The summed E-state index contributed by atoms with van der Waals surface area (Å²) in [6.45, 7) is 1.99. The van der Waals surface area contributed by atoms with Crippen LogP contribution in [-0.4, -0.2) is 14.8 Å². The van der Waals surface area contributed by atoms with Crippen LogP contribution in [0.3, 0.4) is 0 Å². The number of rotatable bonds is 0. The molecule has 56 valence electrons. The molecule has 0 saturated heterocycles. The normalized spacial score (nSPS) is 10.7. The van der Waals surface area contributed by atoms with Crippen LogP contribution in [0.5, 0.6) is 0 Å². The SMILES string of the molecule is Cc1nccc2c1cnn2C. The number of aryl methyl sites for hydroxylation is 2. The van der Waals surface area contributed by atoms with Crippen LogP contribution >= 0.6 is 0 Å². The van der Waals surface area contributed by atoms with Crippen molar-refractivity contribution >= 4 is 10.9 Å². The lowest BCUT2D eigenvalue weighted by molar-refractivity contribution is 0.796. The van der Waals surface area contributed by atoms with Gasteiger partial charge in [-0.1, -0.05) is 0 Å². The predicted octanol–water partition coefficient (Wildman–Crippen LogP) is 1.28. The molecule has 0 aromatic carbocycles. The summed E-state index contributed by atoms with van der Waals surface area (Å²) in [5.41, 5.74) is 2.17. The molecule has 2 heterocycles. The van der Waals surface area contributed by atoms with Crippen molar-refractivity contribution < 1.29 is 0 Å². The molecule has 0 aliphatic carbocycles. The number of pyridine rings is 1. The van der Waals surface area contributed by atoms with Gasteiger partial charge in [0.2, 0.25) is 0 Å². The first-order valence-electron chi connectivity index (χ1n) is 3.52. The minimum Gasteiger partial charge on any atom is -0.268 e. The first-order chi connectivity index (χ1) is 5.29. The van der Waals surface area contributed by atoms with E-state index in [4.69, 9.17) is 0 Å². The van der Waals surface area contributed by atoms with Gasteiger partial charge in [-0.15, -0.1) is 0 Å². The molecule has 11 heavy (non-hydrogen) atoms. The molecule has 0 bridgehead atoms. The predicted molar refractivity (Wildman–Crippen MR) is 43.2 cm³/mol. The van der Waals surface area contributed by atoms with Crippen molar-refractivity contribution in [3.8, 4) is 0 Å². The van der Waals surface area contributed by atoms with E-state index < -0.39 is 0 Å². The average Bonchev–Trinajstić information content (AvgIpc) is 2.35. The van der Waals surface area contributed by atoms with Crippen LogP contribution in [0.2, 0.25) is 0 Å². The van der Waals surface area contributed by atoms with E-state index in [0.717, 1.165) is 16.6 Å². The maximum atomic E-state index is 4.17. The van der Waals surface area contributed by atoms with Gasteiger partial charge in [0.05, 0.1) is 11.7 Å². The maximum Gasteiger partial charge on any atom is 0.0712 e. The summed E-state index contributed by atoms with van der Waals surface area (Å²) >= 11 is 0. The monoisotopic (exact) mass is 147 g/mol. The van der Waals surface area contributed by atoms with Gasteiger partial charge in [-0.3, -0.25) is 9.67 Å². The van der Waals surface area contributed by atoms with E-state index in [0.29, 0.717) is 0 Å². The molecule has 2 rings (SSSR count). The Labute approximate surface area is 64.7 Å². The van der Waals surface area contributed by atoms with E-state index >= 15 is 0 Å². The largest absolute Gasteiger partial charge is 0.268 e. The van der Waals surface area contributed by atoms with E-state index in [2.05, 4.69) is 10.1 Å². The molecule has 0 spiro atoms. The summed E-state index contributed by atoms with van der Waals surface area (Å²) in [6, 6.07) is 1.97. The lowest BCUT2D eigenvalue weighted by Gasteiger charge is -1.94. The van der Waals surface area contributed by atoms with Gasteiger partial charge >= 0.3 is 0 Å². The fourth-order valence-electron chi connectivity index (χ4n) is 1.21. The van der Waals surface area contributed by atoms with E-state index in [1.165, 1.54) is 0 Å². The Morgan fingerprint density at radius 1 is 1.45 bits per heavy atom. The molecule has 0 radical (unpaired) electrons. The highest BCUT2D eigenvalue weighted by molar-refractivity contribution is 5.80. The van der Waals surface area contributed by atoms with Gasteiger partial charge in [-0.2, -0.15) is 5.10 Å². The summed E-state index contributed by atoms with van der Waals surface area (Å²) in [7, 11) is 1.93. The van der Waals surface area contributed by atoms with E-state index in [-0.39, 0.29) is 0 Å². The number of nitrogens with zero attached hydrogens (tertiary/aromatic N) is 3. The van der Waals surface area contributed by atoms with Gasteiger partial charge in [-0.05, 0) is 13.0 Å². The van der Waals surface area contributed by atoms with Crippen molar-refractivity contribution in [2.45, 2.75) is 6.92 Å². The highest BCUT2D eigenvalue weighted by Gasteiger charge is 2.00. The number of hydrogen-bond acceptors (Lipinski definition) is 2. The number of fused-ring (bicyclic) bond motifs is 1. The minimum atomic E-state index is 1.04. The van der Waals surface area contributed by atoms with E-state index in [1.54, 1.807) is 6.20 Å². The van der Waals surface area contributed by atoms with Gasteiger partial charge in [0.1, 0.15) is 0 Å². The zero-order valence-electron chi connectivity index (χ0n) is 6.57. The standard InChI is InChI=1S/C8H9N3/c1-6-7-5-10-11(2)8(7)3-4-9-6/h3-5H,1-2H3. The first-order valence-corrected chi connectivity index (χ1v) is 3.52. The minimum absolute atomic E-state index is 1.04. The van der Waals surface area contributed by atoms with Gasteiger partial charge in [0.15, 0.2) is 0 Å². The second kappa shape index (κ2) is 2.05. The van der Waals surface area contributed by atoms with Gasteiger partial charge in [0, 0.05) is 24.3 Å². The summed E-state index contributed by atoms with van der Waals surface area (Å²) in [5.74, 6) is 0. The summed E-state index contributed by atoms with van der Waals surface area (Å²) in [6.07, 6.45) is 3.65. The van der Waals surface area contributed by atoms with E-state index in [9.17, 15) is 0 Å². The van der Waals surface area contributed by atoms with Crippen LogP contribution in [0, 0.1) is 6.92 Å². The highest BCUT2D eigenvalue weighted by atomic mass is 15.2. The third kappa shape index (κ3) is 0.808. The molecule has 0 saturated carbocycles. The second-order valence-electron chi connectivity index (χ2n) is 2.60. The molecule has 3 nitrogen and oxygen atoms in total. The summed E-state index contributed by atoms with van der Waals surface area (Å²) in [4.78, 5) is 4.17. The lowest BCUT2D eigenvalue weighted by Crippen LogP contribution is -1.89. The summed E-state index contributed by atoms with van der Waals surface area (Å²) < 4.78 is 1.85. The molecular weight excluding hydrogens is 138 g/mol. The average molecular weight is 147 g/mol. The third-order valence-electron chi connectivity index (χ3n) is 1.88. The Morgan fingerprint density at radius 2 is 2.27 bits per heavy atom. The van der Waals surface area contributed by atoms with Crippen LogP contribution in [0.15, 0.2) is 18.5 Å². The van der Waals surface area contributed by atoms with Crippen LogP contribution in [0.4, 0.5) is 0 Å². The van der Waals surface area contributed by atoms with Crippen LogP contribution in [-0.2, 0) is 7.05 Å². The summed E-state index contributed by atoms with van der Waals surface area (Å²) in [5, 5.41) is 5.27. The molecule has 2 aromatic heterocycles. The maximum absolute atomic E-state index is 4.17. The molecule has 0 atom stereocenters. The molecule has 0 unspecified atom stereocenters. The van der Waals surface area contributed by atoms with E-state index in [1.807, 2.05) is 30.9 Å². The molecule has 0 aliphatic rings. The molecule has 2 aromatic rings. The van der Waals surface area contributed by atoms with Gasteiger partial charge < -0.3 is 0 Å². The Morgan fingerprint density at radius 3 is 3.00 bits per heavy atom. The molecule has 3 heteroatoms. The molecule has 0 N–H and O–H groups in total. The topological polar surface area (TPSA) is 30.7 Å². The van der Waals surface area contributed by atoms with Crippen LogP contribution < -0.4 is 0 Å².